The molecule has 0 bridgehead atoms. The summed E-state index contributed by atoms with van der Waals surface area (Å²) in [5, 5.41) is 5.71. The largest absolute Gasteiger partial charge is 0.469 e. The molecule has 0 radical (unpaired) electrons. The number of carbonyl (C=O) groups excluding carboxylic acids is 2. The van der Waals surface area contributed by atoms with Crippen LogP contribution in [0.25, 0.3) is 0 Å². The van der Waals surface area contributed by atoms with Crippen molar-refractivity contribution in [1.29, 1.82) is 0 Å². The molecule has 0 unspecified atom stereocenters. The van der Waals surface area contributed by atoms with E-state index >= 15 is 0 Å². The summed E-state index contributed by atoms with van der Waals surface area (Å²) in [4.78, 5) is 24.3. The van der Waals surface area contributed by atoms with Gasteiger partial charge in [-0.05, 0) is 54.3 Å². The topological polar surface area (TPSA) is 80.9 Å². The fourth-order valence-corrected chi connectivity index (χ4v) is 2.62. The zero-order valence-electron chi connectivity index (χ0n) is 13.3. The molecule has 1 N–H and O–H groups in total. The Kier molecular flexibility index (Phi) is 5.06. The highest BCUT2D eigenvalue weighted by molar-refractivity contribution is 7.12. The number of aryl methyl sites for hydroxylation is 1. The lowest BCUT2D eigenvalue weighted by atomic mass is 10.2. The number of nitrogens with zero attached hydrogens (tertiary/aromatic N) is 1. The first-order valence-corrected chi connectivity index (χ1v) is 8.25. The fourth-order valence-electron chi connectivity index (χ4n) is 2.02. The minimum Gasteiger partial charge on any atom is -0.469 e. The normalized spacial score (nSPS) is 10.8. The summed E-state index contributed by atoms with van der Waals surface area (Å²) in [7, 11) is 0. The van der Waals surface area contributed by atoms with Gasteiger partial charge >= 0.3 is 5.97 Å². The van der Waals surface area contributed by atoms with Crippen molar-refractivity contribution in [3.8, 4) is 5.75 Å². The maximum Gasteiger partial charge on any atom is 0.353 e. The predicted molar refractivity (Wildman–Crippen MR) is 94.2 cm³/mol. The lowest BCUT2D eigenvalue weighted by Gasteiger charge is -2.03. The Morgan fingerprint density at radius 2 is 2.00 bits per heavy atom. The van der Waals surface area contributed by atoms with Crippen molar-refractivity contribution in [2.24, 2.45) is 5.10 Å². The number of hydrogen-bond acceptors (Lipinski definition) is 6. The second-order valence-electron chi connectivity index (χ2n) is 5.03. The molecule has 126 valence electrons. The van der Waals surface area contributed by atoms with Gasteiger partial charge in [0.15, 0.2) is 0 Å². The van der Waals surface area contributed by atoms with E-state index in [0.717, 1.165) is 5.56 Å². The van der Waals surface area contributed by atoms with Crippen LogP contribution >= 0.6 is 11.3 Å². The molecule has 2 aromatic heterocycles. The van der Waals surface area contributed by atoms with Gasteiger partial charge in [0.25, 0.3) is 5.91 Å². The summed E-state index contributed by atoms with van der Waals surface area (Å²) in [5.74, 6) is 0.237. The van der Waals surface area contributed by atoms with E-state index in [9.17, 15) is 9.59 Å². The Balaban J connectivity index is 1.56. The van der Waals surface area contributed by atoms with Crippen molar-refractivity contribution in [2.75, 3.05) is 0 Å². The molecule has 0 saturated heterocycles. The molecule has 1 aromatic carbocycles. The van der Waals surface area contributed by atoms with Gasteiger partial charge in [0.2, 0.25) is 0 Å². The van der Waals surface area contributed by atoms with Crippen LogP contribution in [-0.4, -0.2) is 18.1 Å². The number of ether oxygens (including phenoxy) is 1. The van der Waals surface area contributed by atoms with E-state index in [2.05, 4.69) is 10.5 Å². The van der Waals surface area contributed by atoms with Gasteiger partial charge in [-0.1, -0.05) is 6.07 Å². The molecule has 3 rings (SSSR count). The highest BCUT2D eigenvalue weighted by Gasteiger charge is 2.10. The standard InChI is InChI=1S/C18H14N2O4S/c1-12-15(8-9-23-12)17(21)20-19-11-13-4-6-14(7-5-13)24-18(22)16-3-2-10-25-16/h2-11H,1H3,(H,20,21)/b19-11+. The number of esters is 1. The van der Waals surface area contributed by atoms with Crippen LogP contribution in [0.4, 0.5) is 0 Å². The maximum absolute atomic E-state index is 11.9. The number of furan rings is 1. The van der Waals surface area contributed by atoms with E-state index in [4.69, 9.17) is 9.15 Å². The first-order chi connectivity index (χ1) is 12.1. The minimum atomic E-state index is -0.390. The van der Waals surface area contributed by atoms with E-state index in [1.54, 1.807) is 49.4 Å². The average molecular weight is 354 g/mol. The minimum absolute atomic E-state index is 0.344. The Hall–Kier alpha value is -3.19. The number of hydrogen-bond donors (Lipinski definition) is 1. The number of carbonyl (C=O) groups is 2. The number of benzene rings is 1. The summed E-state index contributed by atoms with van der Waals surface area (Å²) in [6, 6.07) is 11.9. The number of amides is 1. The van der Waals surface area contributed by atoms with Gasteiger partial charge in [0.1, 0.15) is 16.4 Å². The zero-order chi connectivity index (χ0) is 17.6. The molecule has 0 atom stereocenters. The lowest BCUT2D eigenvalue weighted by Crippen LogP contribution is -2.17. The Morgan fingerprint density at radius 3 is 2.64 bits per heavy atom. The number of nitrogens with one attached hydrogen (secondary N) is 1. The van der Waals surface area contributed by atoms with Crippen LogP contribution in [0.3, 0.4) is 0 Å². The van der Waals surface area contributed by atoms with Gasteiger partial charge in [0.05, 0.1) is 18.0 Å². The highest BCUT2D eigenvalue weighted by atomic mass is 32.1. The lowest BCUT2D eigenvalue weighted by molar-refractivity contribution is 0.0739. The van der Waals surface area contributed by atoms with E-state index < -0.39 is 0 Å². The summed E-state index contributed by atoms with van der Waals surface area (Å²) >= 11 is 1.32. The molecule has 0 fully saturated rings. The monoisotopic (exact) mass is 354 g/mol. The first-order valence-electron chi connectivity index (χ1n) is 7.37. The molecule has 3 aromatic rings. The van der Waals surface area contributed by atoms with Gasteiger partial charge in [-0.25, -0.2) is 10.2 Å². The molecular formula is C18H14N2O4S. The van der Waals surface area contributed by atoms with E-state index in [0.29, 0.717) is 22.0 Å². The van der Waals surface area contributed by atoms with E-state index in [-0.39, 0.29) is 11.9 Å². The third-order valence-electron chi connectivity index (χ3n) is 3.30. The van der Waals surface area contributed by atoms with Crippen LogP contribution in [0, 0.1) is 6.92 Å². The maximum atomic E-state index is 11.9. The van der Waals surface area contributed by atoms with Crippen molar-refractivity contribution in [1.82, 2.24) is 5.43 Å². The van der Waals surface area contributed by atoms with Crippen molar-refractivity contribution in [3.05, 3.63) is 75.9 Å². The zero-order valence-corrected chi connectivity index (χ0v) is 14.1. The van der Waals surface area contributed by atoms with Crippen LogP contribution < -0.4 is 10.2 Å². The van der Waals surface area contributed by atoms with Gasteiger partial charge in [-0.3, -0.25) is 4.79 Å². The molecule has 0 saturated carbocycles. The van der Waals surface area contributed by atoms with Gasteiger partial charge in [-0.15, -0.1) is 11.3 Å². The summed E-state index contributed by atoms with van der Waals surface area (Å²) in [6.45, 7) is 1.70. The van der Waals surface area contributed by atoms with E-state index in [1.807, 2.05) is 5.38 Å². The number of rotatable bonds is 5. The smallest absolute Gasteiger partial charge is 0.353 e. The number of hydrazone groups is 1. The Morgan fingerprint density at radius 1 is 1.20 bits per heavy atom. The van der Waals surface area contributed by atoms with Crippen LogP contribution in [-0.2, 0) is 0 Å². The summed E-state index contributed by atoms with van der Waals surface area (Å²) in [6.07, 6.45) is 2.95. The molecule has 6 nitrogen and oxygen atoms in total. The van der Waals surface area contributed by atoms with Gasteiger partial charge in [-0.2, -0.15) is 5.10 Å². The Labute approximate surface area is 147 Å². The molecule has 0 aliphatic heterocycles. The molecule has 25 heavy (non-hydrogen) atoms. The van der Waals surface area contributed by atoms with Crippen LogP contribution in [0.15, 0.2) is 63.6 Å². The molecule has 1 amide bonds. The quantitative estimate of drug-likeness (QED) is 0.328. The molecular weight excluding hydrogens is 340 g/mol. The SMILES string of the molecule is Cc1occc1C(=O)N/N=C/c1ccc(OC(=O)c2cccs2)cc1. The van der Waals surface area contributed by atoms with Crippen LogP contribution in [0.2, 0.25) is 0 Å². The Bertz CT molecular complexity index is 896. The summed E-state index contributed by atoms with van der Waals surface area (Å²) in [5.41, 5.74) is 3.61. The molecule has 2 heterocycles. The predicted octanol–water partition coefficient (Wildman–Crippen LogP) is 3.63. The second kappa shape index (κ2) is 7.59. The molecule has 0 spiro atoms. The third kappa shape index (κ3) is 4.21. The fraction of sp³-hybridized carbons (Fsp3) is 0.0556. The third-order valence-corrected chi connectivity index (χ3v) is 4.15. The van der Waals surface area contributed by atoms with Crippen LogP contribution in [0.1, 0.15) is 31.4 Å². The average Bonchev–Trinajstić information content (AvgIpc) is 3.28. The first kappa shape index (κ1) is 16.7. The van der Waals surface area contributed by atoms with Crippen molar-refractivity contribution in [3.63, 3.8) is 0 Å². The van der Waals surface area contributed by atoms with Gasteiger partial charge in [0, 0.05) is 0 Å². The van der Waals surface area contributed by atoms with Gasteiger partial charge < -0.3 is 9.15 Å². The van der Waals surface area contributed by atoms with Crippen molar-refractivity contribution in [2.45, 2.75) is 6.92 Å². The van der Waals surface area contributed by atoms with E-state index in [1.165, 1.54) is 23.8 Å². The molecule has 0 aliphatic rings. The molecule has 0 aliphatic carbocycles. The molecule has 7 heteroatoms. The second-order valence-corrected chi connectivity index (χ2v) is 5.97. The highest BCUT2D eigenvalue weighted by Crippen LogP contribution is 2.16. The van der Waals surface area contributed by atoms with Crippen LogP contribution in [0.5, 0.6) is 5.75 Å². The van der Waals surface area contributed by atoms with Crippen molar-refractivity contribution >= 4 is 29.4 Å². The van der Waals surface area contributed by atoms with Crippen molar-refractivity contribution < 1.29 is 18.7 Å². The number of thiophene rings is 1. The summed E-state index contributed by atoms with van der Waals surface area (Å²) < 4.78 is 10.3.